The van der Waals surface area contributed by atoms with Crippen LogP contribution in [0.15, 0.2) is 0 Å². The highest BCUT2D eigenvalue weighted by Gasteiger charge is 2.27. The largest absolute Gasteiger partial charge is 0.411 e. The van der Waals surface area contributed by atoms with E-state index in [2.05, 4.69) is 10.1 Å². The third-order valence-corrected chi connectivity index (χ3v) is 1.90. The van der Waals surface area contributed by atoms with Gasteiger partial charge in [0.15, 0.2) is 0 Å². The van der Waals surface area contributed by atoms with Crippen LogP contribution in [-0.4, -0.2) is 44.7 Å². The second-order valence-electron chi connectivity index (χ2n) is 4.16. The molecule has 0 bridgehead atoms. The smallest absolute Gasteiger partial charge is 0.377 e. The van der Waals surface area contributed by atoms with Crippen molar-refractivity contribution in [3.63, 3.8) is 0 Å². The molecule has 0 aromatic rings. The maximum atomic E-state index is 11.9. The van der Waals surface area contributed by atoms with Gasteiger partial charge in [0.1, 0.15) is 6.61 Å². The number of nitrogens with one attached hydrogen (secondary N) is 1. The van der Waals surface area contributed by atoms with Gasteiger partial charge in [-0.2, -0.15) is 13.2 Å². The molecule has 0 aliphatic rings. The molecule has 0 heterocycles. The van der Waals surface area contributed by atoms with Crippen LogP contribution in [0.5, 0.6) is 0 Å². The minimum Gasteiger partial charge on any atom is -0.377 e. The Kier molecular flexibility index (Phi) is 8.55. The molecular weight excluding hydrogens is 235 g/mol. The summed E-state index contributed by atoms with van der Waals surface area (Å²) in [6, 6.07) is -0.195. The molecule has 104 valence electrons. The molecule has 1 N–H and O–H groups in total. The van der Waals surface area contributed by atoms with Gasteiger partial charge in [-0.15, -0.1) is 0 Å². The predicted molar refractivity (Wildman–Crippen MR) is 60.0 cm³/mol. The Bertz CT molecular complexity index is 186. The van der Waals surface area contributed by atoms with Crippen molar-refractivity contribution in [3.8, 4) is 0 Å². The number of ether oxygens (including phenoxy) is 2. The lowest BCUT2D eigenvalue weighted by molar-refractivity contribution is -0.176. The first kappa shape index (κ1) is 16.7. The summed E-state index contributed by atoms with van der Waals surface area (Å²) in [5.74, 6) is 0. The van der Waals surface area contributed by atoms with Gasteiger partial charge >= 0.3 is 6.18 Å². The fraction of sp³-hybridized carbons (Fsp3) is 1.00. The summed E-state index contributed by atoms with van der Waals surface area (Å²) in [5.41, 5.74) is 0. The summed E-state index contributed by atoms with van der Waals surface area (Å²) in [5, 5.41) is 3.09. The number of hydrogen-bond acceptors (Lipinski definition) is 3. The first-order valence-corrected chi connectivity index (χ1v) is 5.84. The number of halogens is 3. The quantitative estimate of drug-likeness (QED) is 0.688. The van der Waals surface area contributed by atoms with Crippen molar-refractivity contribution in [1.82, 2.24) is 5.32 Å². The van der Waals surface area contributed by atoms with Crippen LogP contribution in [0.3, 0.4) is 0 Å². The van der Waals surface area contributed by atoms with E-state index in [-0.39, 0.29) is 18.8 Å². The molecule has 0 fully saturated rings. The Morgan fingerprint density at radius 1 is 1.18 bits per heavy atom. The minimum absolute atomic E-state index is 0.00618. The van der Waals surface area contributed by atoms with Gasteiger partial charge in [-0.1, -0.05) is 6.92 Å². The minimum atomic E-state index is -4.27. The Hall–Kier alpha value is -0.330. The van der Waals surface area contributed by atoms with Gasteiger partial charge < -0.3 is 14.8 Å². The Balaban J connectivity index is 3.84. The summed E-state index contributed by atoms with van der Waals surface area (Å²) in [4.78, 5) is 0. The van der Waals surface area contributed by atoms with Crippen LogP contribution in [0.1, 0.15) is 27.2 Å². The average molecular weight is 257 g/mol. The molecular formula is C11H22F3NO2. The van der Waals surface area contributed by atoms with E-state index in [1.165, 1.54) is 0 Å². The van der Waals surface area contributed by atoms with Crippen LogP contribution in [0.25, 0.3) is 0 Å². The van der Waals surface area contributed by atoms with E-state index in [1.54, 1.807) is 0 Å². The van der Waals surface area contributed by atoms with Gasteiger partial charge in [0, 0.05) is 0 Å². The third kappa shape index (κ3) is 11.9. The molecule has 17 heavy (non-hydrogen) atoms. The lowest BCUT2D eigenvalue weighted by atomic mass is 10.3. The number of rotatable bonds is 9. The van der Waals surface area contributed by atoms with E-state index in [0.717, 1.165) is 13.0 Å². The van der Waals surface area contributed by atoms with Crippen LogP contribution < -0.4 is 5.32 Å². The molecule has 0 aromatic carbocycles. The highest BCUT2D eigenvalue weighted by atomic mass is 19.4. The van der Waals surface area contributed by atoms with Crippen molar-refractivity contribution < 1.29 is 22.6 Å². The van der Waals surface area contributed by atoms with Crippen molar-refractivity contribution in [2.75, 3.05) is 26.4 Å². The van der Waals surface area contributed by atoms with Crippen molar-refractivity contribution in [3.05, 3.63) is 0 Å². The normalized spacial score (nSPS) is 14.3. The second-order valence-corrected chi connectivity index (χ2v) is 4.16. The van der Waals surface area contributed by atoms with E-state index in [0.29, 0.717) is 6.61 Å². The molecule has 0 aromatic heterocycles. The van der Waals surface area contributed by atoms with Gasteiger partial charge in [0.05, 0.1) is 25.4 Å². The Morgan fingerprint density at radius 3 is 2.29 bits per heavy atom. The molecule has 0 rings (SSSR count). The standard InChI is InChI=1S/C11H22F3NO2/c1-4-5-15-10(7-17-9(2)3)6-16-8-11(12,13)14/h9-10,15H,4-8H2,1-3H3. The van der Waals surface area contributed by atoms with Crippen LogP contribution in [-0.2, 0) is 9.47 Å². The molecule has 0 saturated heterocycles. The van der Waals surface area contributed by atoms with E-state index in [4.69, 9.17) is 4.74 Å². The van der Waals surface area contributed by atoms with Crippen LogP contribution in [0.4, 0.5) is 13.2 Å². The number of alkyl halides is 3. The topological polar surface area (TPSA) is 30.5 Å². The maximum absolute atomic E-state index is 11.9. The molecule has 6 heteroatoms. The van der Waals surface area contributed by atoms with Crippen molar-refractivity contribution in [2.24, 2.45) is 0 Å². The van der Waals surface area contributed by atoms with Crippen molar-refractivity contribution in [2.45, 2.75) is 45.5 Å². The lowest BCUT2D eigenvalue weighted by Gasteiger charge is -2.20. The second kappa shape index (κ2) is 8.72. The van der Waals surface area contributed by atoms with Gasteiger partial charge in [-0.3, -0.25) is 0 Å². The van der Waals surface area contributed by atoms with Crippen molar-refractivity contribution >= 4 is 0 Å². The summed E-state index contributed by atoms with van der Waals surface area (Å²) in [6.07, 6.45) is -3.30. The molecule has 0 aliphatic carbocycles. The molecule has 1 atom stereocenters. The summed E-state index contributed by atoms with van der Waals surface area (Å²) in [6.45, 7) is 5.65. The maximum Gasteiger partial charge on any atom is 0.411 e. The van der Waals surface area contributed by atoms with Gasteiger partial charge in [0.2, 0.25) is 0 Å². The zero-order chi connectivity index (χ0) is 13.3. The fourth-order valence-electron chi connectivity index (χ4n) is 1.14. The van der Waals surface area contributed by atoms with Crippen LogP contribution in [0.2, 0.25) is 0 Å². The van der Waals surface area contributed by atoms with Crippen molar-refractivity contribution in [1.29, 1.82) is 0 Å². The number of hydrogen-bond donors (Lipinski definition) is 1. The zero-order valence-electron chi connectivity index (χ0n) is 10.6. The molecule has 0 saturated carbocycles. The first-order chi connectivity index (χ1) is 7.85. The average Bonchev–Trinajstić information content (AvgIpc) is 2.19. The highest BCUT2D eigenvalue weighted by molar-refractivity contribution is 4.66. The van der Waals surface area contributed by atoms with E-state index >= 15 is 0 Å². The third-order valence-electron chi connectivity index (χ3n) is 1.90. The first-order valence-electron chi connectivity index (χ1n) is 5.84. The predicted octanol–water partition coefficient (Wildman–Crippen LogP) is 2.36. The molecule has 0 radical (unpaired) electrons. The van der Waals surface area contributed by atoms with Gasteiger partial charge in [0.25, 0.3) is 0 Å². The van der Waals surface area contributed by atoms with E-state index < -0.39 is 12.8 Å². The Labute approximate surface area is 101 Å². The molecule has 3 nitrogen and oxygen atoms in total. The fourth-order valence-corrected chi connectivity index (χ4v) is 1.14. The summed E-state index contributed by atoms with van der Waals surface area (Å²) >= 11 is 0. The monoisotopic (exact) mass is 257 g/mol. The van der Waals surface area contributed by atoms with Gasteiger partial charge in [-0.05, 0) is 26.8 Å². The summed E-state index contributed by atoms with van der Waals surface area (Å²) < 4.78 is 45.7. The molecule has 0 spiro atoms. The molecule has 1 unspecified atom stereocenters. The van der Waals surface area contributed by atoms with E-state index in [1.807, 2.05) is 20.8 Å². The molecule has 0 amide bonds. The van der Waals surface area contributed by atoms with Crippen LogP contribution >= 0.6 is 0 Å². The lowest BCUT2D eigenvalue weighted by Crippen LogP contribution is -2.39. The van der Waals surface area contributed by atoms with Gasteiger partial charge in [-0.25, -0.2) is 0 Å². The summed E-state index contributed by atoms with van der Waals surface area (Å²) in [7, 11) is 0. The highest BCUT2D eigenvalue weighted by Crippen LogP contribution is 2.14. The van der Waals surface area contributed by atoms with Crippen LogP contribution in [0, 0.1) is 0 Å². The Morgan fingerprint density at radius 2 is 1.82 bits per heavy atom. The molecule has 0 aliphatic heterocycles. The SMILES string of the molecule is CCCNC(COCC(F)(F)F)COC(C)C. The zero-order valence-corrected chi connectivity index (χ0v) is 10.6. The van der Waals surface area contributed by atoms with E-state index in [9.17, 15) is 13.2 Å².